The highest BCUT2D eigenvalue weighted by Gasteiger charge is 2.36. The van der Waals surface area contributed by atoms with Crippen LogP contribution in [0.5, 0.6) is 11.5 Å². The minimum Gasteiger partial charge on any atom is -0.503 e. The minimum atomic E-state index is -0.421. The number of hydrogen-bond acceptors (Lipinski definition) is 6. The molecule has 5 nitrogen and oxygen atoms in total. The van der Waals surface area contributed by atoms with E-state index >= 15 is 0 Å². The van der Waals surface area contributed by atoms with Crippen LogP contribution in [0.3, 0.4) is 0 Å². The number of rotatable bonds is 4. The number of phenolic OH excluding ortho intramolecular Hbond substituents is 1. The van der Waals surface area contributed by atoms with Crippen LogP contribution < -0.4 is 15.4 Å². The number of Topliss-reactive ketones (excluding diaryl/α,β-unsaturated/α-hetero) is 1. The smallest absolute Gasteiger partial charge is 0.176 e. The maximum atomic E-state index is 13.5. The van der Waals surface area contributed by atoms with Crippen molar-refractivity contribution in [1.82, 2.24) is 0 Å². The van der Waals surface area contributed by atoms with Crippen molar-refractivity contribution in [3.8, 4) is 11.5 Å². The molecule has 3 aromatic rings. The van der Waals surface area contributed by atoms with Gasteiger partial charge in [0.05, 0.1) is 29.0 Å². The number of ether oxygens (including phenoxy) is 1. The summed E-state index contributed by atoms with van der Waals surface area (Å²) in [5.74, 6) is 0.474. The van der Waals surface area contributed by atoms with E-state index in [1.807, 2.05) is 37.3 Å². The van der Waals surface area contributed by atoms with Gasteiger partial charge in [0.15, 0.2) is 17.3 Å². The fourth-order valence-corrected chi connectivity index (χ4v) is 5.54. The number of allylic oxidation sites excluding steroid dienone is 1. The van der Waals surface area contributed by atoms with Gasteiger partial charge in [0.2, 0.25) is 0 Å². The van der Waals surface area contributed by atoms with Crippen molar-refractivity contribution in [1.29, 1.82) is 0 Å². The first-order valence-electron chi connectivity index (χ1n) is 10.6. The monoisotopic (exact) mass is 466 g/mol. The Morgan fingerprint density at radius 1 is 1.16 bits per heavy atom. The lowest BCUT2D eigenvalue weighted by molar-refractivity contribution is -0.116. The predicted molar refractivity (Wildman–Crippen MR) is 129 cm³/mol. The molecule has 0 bridgehead atoms. The van der Waals surface area contributed by atoms with Crippen LogP contribution in [0.4, 0.5) is 11.4 Å². The van der Waals surface area contributed by atoms with Crippen LogP contribution in [-0.2, 0) is 4.79 Å². The van der Waals surface area contributed by atoms with Crippen molar-refractivity contribution in [3.05, 3.63) is 80.6 Å². The SMILES string of the molecule is CCOc1cc(C2Nc3ccccc3NC3=C2C(=O)CC(c2cccs2)C3)cc(Cl)c1O. The number of nitrogens with one attached hydrogen (secondary N) is 2. The number of carbonyl (C=O) groups is 1. The molecule has 0 saturated heterocycles. The number of carbonyl (C=O) groups excluding carboxylic acids is 1. The highest BCUT2D eigenvalue weighted by atomic mass is 35.5. The van der Waals surface area contributed by atoms with Gasteiger partial charge in [-0.25, -0.2) is 0 Å². The Hall–Kier alpha value is -2.96. The molecule has 0 fully saturated rings. The summed E-state index contributed by atoms with van der Waals surface area (Å²) in [6.45, 7) is 2.24. The number of halogens is 1. The average Bonchev–Trinajstić information content (AvgIpc) is 3.26. The zero-order valence-electron chi connectivity index (χ0n) is 17.5. The number of aromatic hydroxyl groups is 1. The number of phenols is 1. The number of ketones is 1. The van der Waals surface area contributed by atoms with Crippen LogP contribution >= 0.6 is 22.9 Å². The molecule has 2 unspecified atom stereocenters. The largest absolute Gasteiger partial charge is 0.503 e. The molecule has 164 valence electrons. The third-order valence-corrected chi connectivity index (χ3v) is 7.26. The second-order valence-electron chi connectivity index (χ2n) is 7.97. The standard InChI is InChI=1S/C25H23ClN2O3S/c1-2-31-21-13-15(10-16(26)25(21)30)24-23-19(27-17-6-3-4-7-18(17)28-24)11-14(12-20(23)29)22-8-5-9-32-22/h3-10,13-14,24,27-28,30H,2,11-12H2,1H3. The van der Waals surface area contributed by atoms with E-state index in [1.165, 1.54) is 4.88 Å². The van der Waals surface area contributed by atoms with Crippen LogP contribution in [-0.4, -0.2) is 17.5 Å². The number of thiophene rings is 1. The Kier molecular flexibility index (Phi) is 5.57. The van der Waals surface area contributed by atoms with Gasteiger partial charge in [-0.1, -0.05) is 29.8 Å². The number of anilines is 2. The lowest BCUT2D eigenvalue weighted by Crippen LogP contribution is -2.26. The summed E-state index contributed by atoms with van der Waals surface area (Å²) in [6.07, 6.45) is 1.21. The van der Waals surface area contributed by atoms with E-state index in [9.17, 15) is 9.90 Å². The van der Waals surface area contributed by atoms with Crippen LogP contribution in [0, 0.1) is 0 Å². The number of para-hydroxylation sites is 2. The first-order valence-corrected chi connectivity index (χ1v) is 11.9. The second kappa shape index (κ2) is 8.52. The maximum Gasteiger partial charge on any atom is 0.176 e. The second-order valence-corrected chi connectivity index (χ2v) is 9.35. The quantitative estimate of drug-likeness (QED) is 0.410. The lowest BCUT2D eigenvalue weighted by Gasteiger charge is -2.29. The summed E-state index contributed by atoms with van der Waals surface area (Å²) in [7, 11) is 0. The Morgan fingerprint density at radius 2 is 1.97 bits per heavy atom. The van der Waals surface area contributed by atoms with E-state index in [1.54, 1.807) is 23.5 Å². The maximum absolute atomic E-state index is 13.5. The number of fused-ring (bicyclic) bond motifs is 1. The third kappa shape index (κ3) is 3.74. The first kappa shape index (κ1) is 20.9. The first-order chi connectivity index (χ1) is 15.5. The van der Waals surface area contributed by atoms with Crippen LogP contribution in [0.2, 0.25) is 5.02 Å². The molecule has 1 aliphatic carbocycles. The molecule has 0 spiro atoms. The summed E-state index contributed by atoms with van der Waals surface area (Å²) >= 11 is 8.03. The van der Waals surface area contributed by atoms with Crippen molar-refractivity contribution in [2.24, 2.45) is 0 Å². The van der Waals surface area contributed by atoms with Crippen molar-refractivity contribution in [3.63, 3.8) is 0 Å². The summed E-state index contributed by atoms with van der Waals surface area (Å²) in [4.78, 5) is 14.8. The Balaban J connectivity index is 1.64. The Labute approximate surface area is 195 Å². The van der Waals surface area contributed by atoms with E-state index in [2.05, 4.69) is 22.1 Å². The average molecular weight is 467 g/mol. The molecule has 3 N–H and O–H groups in total. The highest BCUT2D eigenvalue weighted by Crippen LogP contribution is 2.46. The van der Waals surface area contributed by atoms with E-state index in [0.717, 1.165) is 29.1 Å². The van der Waals surface area contributed by atoms with Crippen LogP contribution in [0.25, 0.3) is 0 Å². The fourth-order valence-electron chi connectivity index (χ4n) is 4.49. The molecule has 1 aliphatic heterocycles. The topological polar surface area (TPSA) is 70.6 Å². The summed E-state index contributed by atoms with van der Waals surface area (Å²) < 4.78 is 5.60. The van der Waals surface area contributed by atoms with Gasteiger partial charge in [-0.3, -0.25) is 4.79 Å². The molecule has 0 saturated carbocycles. The molecule has 2 aromatic carbocycles. The van der Waals surface area contributed by atoms with Gasteiger partial charge >= 0.3 is 0 Å². The molecule has 2 atom stereocenters. The minimum absolute atomic E-state index is 0.0913. The van der Waals surface area contributed by atoms with E-state index < -0.39 is 6.04 Å². The van der Waals surface area contributed by atoms with Crippen molar-refractivity contribution in [2.45, 2.75) is 31.7 Å². The van der Waals surface area contributed by atoms with E-state index in [4.69, 9.17) is 16.3 Å². The summed E-state index contributed by atoms with van der Waals surface area (Å²) in [5.41, 5.74) is 4.22. The number of benzene rings is 2. The third-order valence-electron chi connectivity index (χ3n) is 5.94. The highest BCUT2D eigenvalue weighted by molar-refractivity contribution is 7.10. The molecule has 0 radical (unpaired) electrons. The van der Waals surface area contributed by atoms with Gasteiger partial charge in [0, 0.05) is 28.5 Å². The van der Waals surface area contributed by atoms with Gasteiger partial charge in [0.1, 0.15) is 0 Å². The van der Waals surface area contributed by atoms with Crippen molar-refractivity contribution >= 4 is 40.1 Å². The van der Waals surface area contributed by atoms with Crippen molar-refractivity contribution < 1.29 is 14.6 Å². The zero-order valence-corrected chi connectivity index (χ0v) is 19.1. The lowest BCUT2D eigenvalue weighted by atomic mass is 9.80. The van der Waals surface area contributed by atoms with Gasteiger partial charge in [-0.15, -0.1) is 11.3 Å². The van der Waals surface area contributed by atoms with Gasteiger partial charge in [0.25, 0.3) is 0 Å². The molecular weight excluding hydrogens is 444 g/mol. The predicted octanol–water partition coefficient (Wildman–Crippen LogP) is 6.49. The summed E-state index contributed by atoms with van der Waals surface area (Å²) in [6, 6.07) is 15.1. The molecule has 2 heterocycles. The Bertz CT molecular complexity index is 1210. The normalized spacial score (nSPS) is 20.0. The molecule has 2 aliphatic rings. The van der Waals surface area contributed by atoms with Gasteiger partial charge < -0.3 is 20.5 Å². The van der Waals surface area contributed by atoms with Gasteiger partial charge in [-0.2, -0.15) is 0 Å². The van der Waals surface area contributed by atoms with E-state index in [0.29, 0.717) is 24.4 Å². The molecule has 5 rings (SSSR count). The fraction of sp³-hybridized carbons (Fsp3) is 0.240. The molecule has 1 aromatic heterocycles. The van der Waals surface area contributed by atoms with E-state index in [-0.39, 0.29) is 22.5 Å². The van der Waals surface area contributed by atoms with Crippen LogP contribution in [0.15, 0.2) is 65.2 Å². The summed E-state index contributed by atoms with van der Waals surface area (Å²) in [5, 5.41) is 19.6. The van der Waals surface area contributed by atoms with Crippen molar-refractivity contribution in [2.75, 3.05) is 17.2 Å². The molecular formula is C25H23ClN2O3S. The molecule has 7 heteroatoms. The van der Waals surface area contributed by atoms with Crippen LogP contribution in [0.1, 0.15) is 42.2 Å². The molecule has 32 heavy (non-hydrogen) atoms. The Morgan fingerprint density at radius 3 is 2.72 bits per heavy atom. The zero-order chi connectivity index (χ0) is 22.2. The number of hydrogen-bond donors (Lipinski definition) is 3. The molecule has 0 amide bonds. The van der Waals surface area contributed by atoms with Gasteiger partial charge in [-0.05, 0) is 54.6 Å².